The van der Waals surface area contributed by atoms with Crippen LogP contribution in [0.2, 0.25) is 0 Å². The summed E-state index contributed by atoms with van der Waals surface area (Å²) >= 11 is 0. The summed E-state index contributed by atoms with van der Waals surface area (Å²) in [6.07, 6.45) is 0. The Morgan fingerprint density at radius 1 is 1.25 bits per heavy atom. The van der Waals surface area contributed by atoms with Gasteiger partial charge in [0.15, 0.2) is 0 Å². The van der Waals surface area contributed by atoms with E-state index in [0.29, 0.717) is 10.8 Å². The van der Waals surface area contributed by atoms with Crippen molar-refractivity contribution in [3.63, 3.8) is 0 Å². The van der Waals surface area contributed by atoms with Crippen LogP contribution in [0.4, 0.5) is 0 Å². The van der Waals surface area contributed by atoms with E-state index in [4.69, 9.17) is 5.11 Å². The standard InChI is InChI=1S/C12H10O4/c13-6-9-8-4-2-1-3-7(8)5-10(14)11(9)12(15)16/h1-5,13-14H,6H2,(H,15,16). The van der Waals surface area contributed by atoms with Gasteiger partial charge in [-0.1, -0.05) is 24.3 Å². The average Bonchev–Trinajstić information content (AvgIpc) is 2.26. The zero-order valence-corrected chi connectivity index (χ0v) is 8.34. The molecule has 0 saturated carbocycles. The van der Waals surface area contributed by atoms with Gasteiger partial charge in [0.2, 0.25) is 0 Å². The van der Waals surface area contributed by atoms with Crippen LogP contribution in [0, 0.1) is 0 Å². The molecule has 0 amide bonds. The molecule has 0 aliphatic carbocycles. The number of rotatable bonds is 2. The van der Waals surface area contributed by atoms with Gasteiger partial charge in [0.25, 0.3) is 0 Å². The van der Waals surface area contributed by atoms with Crippen molar-refractivity contribution in [2.75, 3.05) is 0 Å². The molecule has 0 aromatic heterocycles. The van der Waals surface area contributed by atoms with Crippen LogP contribution in [0.3, 0.4) is 0 Å². The maximum Gasteiger partial charge on any atom is 0.339 e. The number of aromatic hydroxyl groups is 1. The number of hydrogen-bond acceptors (Lipinski definition) is 3. The highest BCUT2D eigenvalue weighted by Gasteiger charge is 2.17. The topological polar surface area (TPSA) is 77.8 Å². The van der Waals surface area contributed by atoms with Crippen LogP contribution >= 0.6 is 0 Å². The van der Waals surface area contributed by atoms with E-state index in [2.05, 4.69) is 0 Å². The zero-order valence-electron chi connectivity index (χ0n) is 8.34. The zero-order chi connectivity index (χ0) is 11.7. The third-order valence-electron chi connectivity index (χ3n) is 2.51. The van der Waals surface area contributed by atoms with E-state index in [9.17, 15) is 15.0 Å². The molecule has 0 unspecified atom stereocenters. The van der Waals surface area contributed by atoms with Gasteiger partial charge in [-0.2, -0.15) is 0 Å². The molecule has 2 aromatic carbocycles. The minimum Gasteiger partial charge on any atom is -0.507 e. The molecular formula is C12H10O4. The Hall–Kier alpha value is -2.07. The molecular weight excluding hydrogens is 208 g/mol. The number of carboxylic acids is 1. The molecule has 0 atom stereocenters. The summed E-state index contributed by atoms with van der Waals surface area (Å²) in [5, 5.41) is 29.1. The van der Waals surface area contributed by atoms with Gasteiger partial charge in [-0.15, -0.1) is 0 Å². The Morgan fingerprint density at radius 3 is 2.56 bits per heavy atom. The van der Waals surface area contributed by atoms with Gasteiger partial charge in [0.05, 0.1) is 6.61 Å². The van der Waals surface area contributed by atoms with E-state index in [0.717, 1.165) is 0 Å². The molecule has 0 radical (unpaired) electrons. The number of fused-ring (bicyclic) bond motifs is 1. The van der Waals surface area contributed by atoms with Crippen molar-refractivity contribution in [3.05, 3.63) is 41.5 Å². The van der Waals surface area contributed by atoms with Gasteiger partial charge in [-0.3, -0.25) is 0 Å². The summed E-state index contributed by atoms with van der Waals surface area (Å²) in [7, 11) is 0. The molecule has 0 fully saturated rings. The van der Waals surface area contributed by atoms with Crippen molar-refractivity contribution in [2.45, 2.75) is 6.61 Å². The number of benzene rings is 2. The van der Waals surface area contributed by atoms with Gasteiger partial charge in [-0.05, 0) is 16.8 Å². The third-order valence-corrected chi connectivity index (χ3v) is 2.51. The van der Waals surface area contributed by atoms with Crippen molar-refractivity contribution < 1.29 is 20.1 Å². The van der Waals surface area contributed by atoms with Crippen molar-refractivity contribution in [1.82, 2.24) is 0 Å². The first-order valence-corrected chi connectivity index (χ1v) is 4.73. The largest absolute Gasteiger partial charge is 0.507 e. The SMILES string of the molecule is O=C(O)c1c(O)cc2ccccc2c1CO. The second-order valence-electron chi connectivity index (χ2n) is 3.43. The van der Waals surface area contributed by atoms with Crippen LogP contribution in [-0.2, 0) is 6.61 Å². The molecule has 82 valence electrons. The predicted molar refractivity (Wildman–Crippen MR) is 58.5 cm³/mol. The first kappa shape index (κ1) is 10.4. The first-order chi connectivity index (χ1) is 7.65. The molecule has 0 aliphatic heterocycles. The molecule has 0 aliphatic rings. The van der Waals surface area contributed by atoms with Crippen LogP contribution < -0.4 is 0 Å². The molecule has 16 heavy (non-hydrogen) atoms. The highest BCUT2D eigenvalue weighted by molar-refractivity contribution is 6.00. The van der Waals surface area contributed by atoms with Crippen LogP contribution in [0.15, 0.2) is 30.3 Å². The minimum atomic E-state index is -1.24. The fourth-order valence-corrected chi connectivity index (χ4v) is 1.81. The minimum absolute atomic E-state index is 0.235. The molecule has 0 saturated heterocycles. The fraction of sp³-hybridized carbons (Fsp3) is 0.0833. The normalized spacial score (nSPS) is 10.6. The predicted octanol–water partition coefficient (Wildman–Crippen LogP) is 1.74. The lowest BCUT2D eigenvalue weighted by Crippen LogP contribution is -2.04. The van der Waals surface area contributed by atoms with Crippen molar-refractivity contribution >= 4 is 16.7 Å². The van der Waals surface area contributed by atoms with E-state index in [1.807, 2.05) is 0 Å². The number of aliphatic hydroxyl groups excluding tert-OH is 1. The van der Waals surface area contributed by atoms with Crippen LogP contribution in [0.1, 0.15) is 15.9 Å². The summed E-state index contributed by atoms with van der Waals surface area (Å²) < 4.78 is 0. The molecule has 0 bridgehead atoms. The molecule has 3 N–H and O–H groups in total. The summed E-state index contributed by atoms with van der Waals surface area (Å²) in [5.74, 6) is -1.57. The molecule has 0 heterocycles. The summed E-state index contributed by atoms with van der Waals surface area (Å²) in [6.45, 7) is -0.420. The van der Waals surface area contributed by atoms with Crippen molar-refractivity contribution in [3.8, 4) is 5.75 Å². The fourth-order valence-electron chi connectivity index (χ4n) is 1.81. The number of phenols is 1. The second kappa shape index (κ2) is 3.83. The Balaban J connectivity index is 2.90. The second-order valence-corrected chi connectivity index (χ2v) is 3.43. The van der Waals surface area contributed by atoms with E-state index in [1.165, 1.54) is 6.07 Å². The maximum atomic E-state index is 11.0. The van der Waals surface area contributed by atoms with Crippen molar-refractivity contribution in [1.29, 1.82) is 0 Å². The first-order valence-electron chi connectivity index (χ1n) is 4.73. The molecule has 4 nitrogen and oxygen atoms in total. The lowest BCUT2D eigenvalue weighted by molar-refractivity contribution is 0.0690. The summed E-state index contributed by atoms with van der Waals surface area (Å²) in [5.41, 5.74) is 0.00398. The Labute approximate surface area is 91.4 Å². The van der Waals surface area contributed by atoms with E-state index >= 15 is 0 Å². The third kappa shape index (κ3) is 1.49. The number of aliphatic hydroxyl groups is 1. The van der Waals surface area contributed by atoms with Gasteiger partial charge < -0.3 is 15.3 Å². The van der Waals surface area contributed by atoms with Gasteiger partial charge in [-0.25, -0.2) is 4.79 Å². The maximum absolute atomic E-state index is 11.0. The molecule has 2 aromatic rings. The van der Waals surface area contributed by atoms with E-state index < -0.39 is 12.6 Å². The lowest BCUT2D eigenvalue weighted by atomic mass is 9.98. The molecule has 2 rings (SSSR count). The van der Waals surface area contributed by atoms with Gasteiger partial charge in [0.1, 0.15) is 11.3 Å². The van der Waals surface area contributed by atoms with E-state index in [-0.39, 0.29) is 16.9 Å². The number of aromatic carboxylic acids is 1. The number of carbonyl (C=O) groups is 1. The monoisotopic (exact) mass is 218 g/mol. The average molecular weight is 218 g/mol. The highest BCUT2D eigenvalue weighted by atomic mass is 16.4. The van der Waals surface area contributed by atoms with Gasteiger partial charge >= 0.3 is 5.97 Å². The smallest absolute Gasteiger partial charge is 0.339 e. The van der Waals surface area contributed by atoms with Gasteiger partial charge in [0, 0.05) is 5.56 Å². The van der Waals surface area contributed by atoms with Crippen molar-refractivity contribution in [2.24, 2.45) is 0 Å². The highest BCUT2D eigenvalue weighted by Crippen LogP contribution is 2.30. The molecule has 4 heteroatoms. The van der Waals surface area contributed by atoms with E-state index in [1.54, 1.807) is 24.3 Å². The summed E-state index contributed by atoms with van der Waals surface area (Å²) in [6, 6.07) is 8.39. The van der Waals surface area contributed by atoms with Crippen LogP contribution in [0.5, 0.6) is 5.75 Å². The number of hydrogen-bond donors (Lipinski definition) is 3. The Bertz CT molecular complexity index is 560. The Morgan fingerprint density at radius 2 is 1.94 bits per heavy atom. The lowest BCUT2D eigenvalue weighted by Gasteiger charge is -2.09. The molecule has 0 spiro atoms. The number of carboxylic acid groups (broad SMARTS) is 1. The Kier molecular flexibility index (Phi) is 2.50. The van der Waals surface area contributed by atoms with Crippen LogP contribution in [-0.4, -0.2) is 21.3 Å². The van der Waals surface area contributed by atoms with Crippen LogP contribution in [0.25, 0.3) is 10.8 Å². The summed E-state index contributed by atoms with van der Waals surface area (Å²) in [4.78, 5) is 11.0. The quantitative estimate of drug-likeness (QED) is 0.717.